The molecule has 12 aromatic rings. The van der Waals surface area contributed by atoms with Crippen LogP contribution in [-0.4, -0.2) is 13.7 Å². The lowest BCUT2D eigenvalue weighted by Crippen LogP contribution is -2.00. The molecule has 3 nitrogen and oxygen atoms in total. The van der Waals surface area contributed by atoms with Crippen molar-refractivity contribution < 1.29 is 26.0 Å². The van der Waals surface area contributed by atoms with E-state index in [1.807, 2.05) is 65.2 Å². The van der Waals surface area contributed by atoms with Gasteiger partial charge in [0.2, 0.25) is 0 Å². The molecule has 57 heavy (non-hydrogen) atoms. The third-order valence-corrected chi connectivity index (χ3v) is 10.4. The van der Waals surface area contributed by atoms with Gasteiger partial charge in [0.25, 0.3) is 0 Å². The largest absolute Gasteiger partial charge is 0.309 e. The molecule has 9 aromatic carbocycles. The van der Waals surface area contributed by atoms with E-state index in [4.69, 9.17) is 12.3 Å². The Morgan fingerprint density at radius 3 is 1.58 bits per heavy atom. The number of para-hydroxylation sites is 5. The zero-order chi connectivity index (χ0) is 54.0. The van der Waals surface area contributed by atoms with Crippen molar-refractivity contribution in [2.75, 3.05) is 0 Å². The van der Waals surface area contributed by atoms with Crippen LogP contribution in [0.3, 0.4) is 0 Å². The Hall–Kier alpha value is -7.62. The van der Waals surface area contributed by atoms with Gasteiger partial charge >= 0.3 is 0 Å². The lowest BCUT2D eigenvalue weighted by Gasteiger charge is -2.14. The molecule has 0 unspecified atom stereocenters. The maximum Gasteiger partial charge on any atom is 0.0782 e. The molecule has 0 bridgehead atoms. The van der Waals surface area contributed by atoms with Crippen molar-refractivity contribution >= 4 is 65.4 Å². The second-order valence-electron chi connectivity index (χ2n) is 13.5. The molecule has 0 N–H and O–H groups in total. The topological polar surface area (TPSA) is 14.8 Å². The van der Waals surface area contributed by atoms with Crippen LogP contribution < -0.4 is 0 Å². The molecule has 3 heteroatoms. The van der Waals surface area contributed by atoms with Gasteiger partial charge in [-0.3, -0.25) is 0 Å². The highest BCUT2D eigenvalue weighted by molar-refractivity contribution is 6.16. The highest BCUT2D eigenvalue weighted by Crippen LogP contribution is 2.41. The van der Waals surface area contributed by atoms with Gasteiger partial charge in [0.1, 0.15) is 0 Å². The van der Waals surface area contributed by atoms with Crippen LogP contribution in [0.15, 0.2) is 212 Å². The average Bonchev–Trinajstić information content (AvgIpc) is 4.17. The van der Waals surface area contributed by atoms with Crippen molar-refractivity contribution in [3.8, 4) is 39.3 Å². The Balaban J connectivity index is 1.19. The zero-order valence-corrected chi connectivity index (χ0v) is 29.6. The third kappa shape index (κ3) is 4.79. The van der Waals surface area contributed by atoms with Crippen molar-refractivity contribution in [1.82, 2.24) is 13.7 Å². The van der Waals surface area contributed by atoms with Crippen LogP contribution in [0.25, 0.3) is 105 Å². The van der Waals surface area contributed by atoms with Crippen LogP contribution in [-0.2, 0) is 0 Å². The summed E-state index contributed by atoms with van der Waals surface area (Å²) in [4.78, 5) is 0. The van der Waals surface area contributed by atoms with E-state index >= 15 is 0 Å². The van der Waals surface area contributed by atoms with Crippen molar-refractivity contribution in [3.63, 3.8) is 0 Å². The molecule has 0 saturated heterocycles. The quantitative estimate of drug-likeness (QED) is 0.167. The summed E-state index contributed by atoms with van der Waals surface area (Å²) in [6.07, 6.45) is 0. The number of hydrogen-bond donors (Lipinski definition) is 0. The van der Waals surface area contributed by atoms with Crippen LogP contribution in [0.4, 0.5) is 0 Å². The van der Waals surface area contributed by atoms with Crippen LogP contribution >= 0.6 is 0 Å². The van der Waals surface area contributed by atoms with Gasteiger partial charge in [-0.25, -0.2) is 0 Å². The van der Waals surface area contributed by atoms with Crippen LogP contribution in [0.5, 0.6) is 0 Å². The smallest absolute Gasteiger partial charge is 0.0782 e. The van der Waals surface area contributed by atoms with Gasteiger partial charge < -0.3 is 13.7 Å². The van der Waals surface area contributed by atoms with Crippen LogP contribution in [0, 0.1) is 0 Å². The number of nitrogens with zero attached hydrogens (tertiary/aromatic N) is 3. The van der Waals surface area contributed by atoms with Gasteiger partial charge in [-0.1, -0.05) is 139 Å². The molecule has 3 aromatic heterocycles. The molecule has 0 fully saturated rings. The second kappa shape index (κ2) is 12.5. The first-order chi connectivity index (χ1) is 36.2. The molecule has 0 aliphatic rings. The number of rotatable bonds is 5. The number of hydrogen-bond acceptors (Lipinski definition) is 0. The van der Waals surface area contributed by atoms with Crippen LogP contribution in [0.2, 0.25) is 0 Å². The SMILES string of the molecule is [2H]c1c([2H])c([2H])c(-c2ccc(-n3c4c([2H])c([2H])c([2H])c([2H])c4c4c([2H])c(-c5c([2H])c([2H])c6c(c5[2H])c5c([2H])c([2H])c([2H])c([2H])c5n6-c5cccc6c7ccccc7n(-c7ccccc7)c56)c([2H])c([2H])c43)cc2)c([2H])c1[2H]. The molecule has 0 spiro atoms. The monoisotopic (exact) mass is 744 g/mol. The van der Waals surface area contributed by atoms with Crippen molar-refractivity contribution in [2.45, 2.75) is 0 Å². The van der Waals surface area contributed by atoms with Gasteiger partial charge in [-0.2, -0.15) is 0 Å². The first kappa shape index (κ1) is 18.3. The van der Waals surface area contributed by atoms with Crippen molar-refractivity contribution in [2.24, 2.45) is 0 Å². The fraction of sp³-hybridized carbons (Fsp3) is 0. The Labute approximate surface area is 356 Å². The lowest BCUT2D eigenvalue weighted by molar-refractivity contribution is 1.13. The average molecular weight is 745 g/mol. The maximum absolute atomic E-state index is 10.1. The Morgan fingerprint density at radius 2 is 0.860 bits per heavy atom. The molecule has 0 radical (unpaired) electrons. The Morgan fingerprint density at radius 1 is 0.298 bits per heavy atom. The Bertz CT molecular complexity index is 4590. The molecular formula is C54H35N3. The van der Waals surface area contributed by atoms with E-state index in [2.05, 4.69) is 0 Å². The van der Waals surface area contributed by atoms with E-state index in [1.165, 1.54) is 33.4 Å². The zero-order valence-electron chi connectivity index (χ0n) is 48.6. The molecule has 0 atom stereocenters. The van der Waals surface area contributed by atoms with Crippen LogP contribution in [0.1, 0.15) is 26.0 Å². The lowest BCUT2D eigenvalue weighted by atomic mass is 10.0. The summed E-state index contributed by atoms with van der Waals surface area (Å²) < 4.78 is 178. The summed E-state index contributed by atoms with van der Waals surface area (Å²) in [6, 6.07) is 17.0. The van der Waals surface area contributed by atoms with Gasteiger partial charge in [0, 0.05) is 43.7 Å². The minimum absolute atomic E-state index is 0.108. The Kier molecular flexibility index (Phi) is 4.01. The minimum Gasteiger partial charge on any atom is -0.309 e. The first-order valence-corrected chi connectivity index (χ1v) is 18.1. The van der Waals surface area contributed by atoms with E-state index in [9.17, 15) is 13.7 Å². The summed E-state index contributed by atoms with van der Waals surface area (Å²) >= 11 is 0. The van der Waals surface area contributed by atoms with E-state index in [0.717, 1.165) is 22.0 Å². The fourth-order valence-electron chi connectivity index (χ4n) is 7.98. The van der Waals surface area contributed by atoms with Gasteiger partial charge in [-0.15, -0.1) is 0 Å². The fourth-order valence-corrected chi connectivity index (χ4v) is 7.98. The summed E-state index contributed by atoms with van der Waals surface area (Å²) in [6.45, 7) is 0. The standard InChI is InChI=1S/C54H35N3/c1-3-14-36(15-4-1)37-26-30-41(31-27-37)55-48-22-10-8-19-43(48)46-34-38(28-32-51(46)55)39-29-33-52-47(35-39)44-20-9-12-24-50(44)57(52)53-25-13-21-45-42-18-7-11-23-49(42)56(54(45)53)40-16-5-2-6-17-40/h1-35H/i1D,3D,4D,8D,9D,10D,12D,14D,15D,19D,20D,22D,24D,28D,29D,32D,33D,34D,35D. The van der Waals surface area contributed by atoms with E-state index in [0.29, 0.717) is 11.2 Å². The van der Waals surface area contributed by atoms with Crippen molar-refractivity contribution in [3.05, 3.63) is 212 Å². The maximum atomic E-state index is 10.1. The minimum atomic E-state index is -0.726. The molecule has 266 valence electrons. The second-order valence-corrected chi connectivity index (χ2v) is 13.5. The number of aromatic nitrogens is 3. The number of benzene rings is 9. The first-order valence-electron chi connectivity index (χ1n) is 27.6. The molecule has 12 rings (SSSR count). The summed E-state index contributed by atoms with van der Waals surface area (Å²) in [5, 5.41) is 0.723. The number of fused-ring (bicyclic) bond motifs is 9. The summed E-state index contributed by atoms with van der Waals surface area (Å²) in [5.74, 6) is 0. The summed E-state index contributed by atoms with van der Waals surface area (Å²) in [7, 11) is 0. The third-order valence-electron chi connectivity index (χ3n) is 10.4. The molecule has 0 amide bonds. The van der Waals surface area contributed by atoms with Gasteiger partial charge in [0.05, 0.1) is 64.8 Å². The van der Waals surface area contributed by atoms with E-state index < -0.39 is 126 Å². The summed E-state index contributed by atoms with van der Waals surface area (Å²) in [5.41, 5.74) is 1.03. The van der Waals surface area contributed by atoms with Crippen molar-refractivity contribution in [1.29, 1.82) is 0 Å². The molecule has 0 aliphatic heterocycles. The van der Waals surface area contributed by atoms with Gasteiger partial charge in [-0.05, 0) is 94.9 Å². The van der Waals surface area contributed by atoms with Gasteiger partial charge in [0.15, 0.2) is 0 Å². The molecular weight excluding hydrogens is 691 g/mol. The molecule has 3 heterocycles. The normalized spacial score (nSPS) is 16.5. The molecule has 0 saturated carbocycles. The predicted octanol–water partition coefficient (Wildman–Crippen LogP) is 14.3. The van der Waals surface area contributed by atoms with E-state index in [-0.39, 0.29) is 60.4 Å². The highest BCUT2D eigenvalue weighted by Gasteiger charge is 2.20. The molecule has 0 aliphatic carbocycles. The predicted molar refractivity (Wildman–Crippen MR) is 240 cm³/mol. The van der Waals surface area contributed by atoms with E-state index in [1.54, 1.807) is 12.1 Å². The highest BCUT2D eigenvalue weighted by atomic mass is 15.1.